The van der Waals surface area contributed by atoms with Gasteiger partial charge in [0, 0.05) is 25.2 Å². The van der Waals surface area contributed by atoms with Crippen LogP contribution in [0.25, 0.3) is 0 Å². The van der Waals surface area contributed by atoms with Crippen LogP contribution in [0.15, 0.2) is 30.3 Å². The summed E-state index contributed by atoms with van der Waals surface area (Å²) in [5.41, 5.74) is 4.29. The molecule has 1 aromatic carbocycles. The van der Waals surface area contributed by atoms with Gasteiger partial charge in [0.05, 0.1) is 0 Å². The van der Waals surface area contributed by atoms with Crippen molar-refractivity contribution in [3.05, 3.63) is 35.9 Å². The van der Waals surface area contributed by atoms with Crippen molar-refractivity contribution in [1.82, 2.24) is 5.43 Å². The van der Waals surface area contributed by atoms with Crippen LogP contribution < -0.4 is 11.3 Å². The zero-order valence-corrected chi connectivity index (χ0v) is 11.9. The SMILES string of the molecule is COCCC(C)C(NN)C(C)(C)c1ccccc1. The first-order valence-electron chi connectivity index (χ1n) is 6.54. The van der Waals surface area contributed by atoms with Crippen LogP contribution in [-0.2, 0) is 10.2 Å². The zero-order valence-electron chi connectivity index (χ0n) is 11.9. The van der Waals surface area contributed by atoms with E-state index in [2.05, 4.69) is 50.5 Å². The monoisotopic (exact) mass is 250 g/mol. The molecule has 3 N–H and O–H groups in total. The first-order chi connectivity index (χ1) is 8.54. The summed E-state index contributed by atoms with van der Waals surface area (Å²) in [5.74, 6) is 6.23. The summed E-state index contributed by atoms with van der Waals surface area (Å²) in [6, 6.07) is 10.7. The predicted octanol–water partition coefficient (Wildman–Crippen LogP) is 2.47. The van der Waals surface area contributed by atoms with E-state index in [0.717, 1.165) is 13.0 Å². The maximum absolute atomic E-state index is 5.78. The van der Waals surface area contributed by atoms with Gasteiger partial charge in [0.1, 0.15) is 0 Å². The van der Waals surface area contributed by atoms with Gasteiger partial charge >= 0.3 is 0 Å². The summed E-state index contributed by atoms with van der Waals surface area (Å²) in [4.78, 5) is 0. The predicted molar refractivity (Wildman–Crippen MR) is 76.2 cm³/mol. The Labute approximate surface area is 111 Å². The lowest BCUT2D eigenvalue weighted by molar-refractivity contribution is 0.155. The second kappa shape index (κ2) is 6.88. The Hall–Kier alpha value is -0.900. The molecule has 0 aliphatic rings. The summed E-state index contributed by atoms with van der Waals surface area (Å²) < 4.78 is 5.16. The molecule has 3 nitrogen and oxygen atoms in total. The maximum atomic E-state index is 5.78. The Morgan fingerprint density at radius 3 is 2.39 bits per heavy atom. The van der Waals surface area contributed by atoms with E-state index in [0.29, 0.717) is 5.92 Å². The van der Waals surface area contributed by atoms with Crippen LogP contribution in [0.2, 0.25) is 0 Å². The minimum atomic E-state index is -0.0107. The van der Waals surface area contributed by atoms with Crippen molar-refractivity contribution in [2.24, 2.45) is 11.8 Å². The fraction of sp³-hybridized carbons (Fsp3) is 0.600. The number of benzene rings is 1. The topological polar surface area (TPSA) is 47.3 Å². The van der Waals surface area contributed by atoms with E-state index < -0.39 is 0 Å². The number of methoxy groups -OCH3 is 1. The molecule has 0 aliphatic carbocycles. The molecule has 102 valence electrons. The highest BCUT2D eigenvalue weighted by Gasteiger charge is 2.34. The average Bonchev–Trinajstić information content (AvgIpc) is 2.38. The van der Waals surface area contributed by atoms with Gasteiger partial charge in [-0.15, -0.1) is 0 Å². The van der Waals surface area contributed by atoms with Gasteiger partial charge in [0.15, 0.2) is 0 Å². The van der Waals surface area contributed by atoms with Crippen LogP contribution in [0.4, 0.5) is 0 Å². The van der Waals surface area contributed by atoms with E-state index in [9.17, 15) is 0 Å². The van der Waals surface area contributed by atoms with Crippen molar-refractivity contribution in [3.8, 4) is 0 Å². The molecule has 0 spiro atoms. The van der Waals surface area contributed by atoms with E-state index in [4.69, 9.17) is 10.6 Å². The second-order valence-electron chi connectivity index (χ2n) is 5.49. The lowest BCUT2D eigenvalue weighted by Crippen LogP contribution is -2.52. The molecule has 2 unspecified atom stereocenters. The maximum Gasteiger partial charge on any atom is 0.0465 e. The standard InChI is InChI=1S/C15H26N2O/c1-12(10-11-18-4)14(17-16)15(2,3)13-8-6-5-7-9-13/h5-9,12,14,17H,10-11,16H2,1-4H3. The van der Waals surface area contributed by atoms with Crippen molar-refractivity contribution in [1.29, 1.82) is 0 Å². The molecule has 1 rings (SSSR count). The van der Waals surface area contributed by atoms with Gasteiger partial charge < -0.3 is 4.74 Å². The van der Waals surface area contributed by atoms with Crippen LogP contribution >= 0.6 is 0 Å². The van der Waals surface area contributed by atoms with E-state index in [1.165, 1.54) is 5.56 Å². The number of hydrogen-bond acceptors (Lipinski definition) is 3. The summed E-state index contributed by atoms with van der Waals surface area (Å²) in [5, 5.41) is 0. The molecule has 0 saturated heterocycles. The molecule has 0 aromatic heterocycles. The number of rotatable bonds is 7. The molecular weight excluding hydrogens is 224 g/mol. The lowest BCUT2D eigenvalue weighted by atomic mass is 9.72. The highest BCUT2D eigenvalue weighted by Crippen LogP contribution is 2.31. The molecule has 2 atom stereocenters. The van der Waals surface area contributed by atoms with Gasteiger partial charge in [-0.25, -0.2) is 0 Å². The Balaban J connectivity index is 2.86. The first kappa shape index (κ1) is 15.2. The Bertz CT molecular complexity index is 338. The molecular formula is C15H26N2O. The highest BCUT2D eigenvalue weighted by atomic mass is 16.5. The number of nitrogens with one attached hydrogen (secondary N) is 1. The van der Waals surface area contributed by atoms with Crippen LogP contribution in [0, 0.1) is 5.92 Å². The molecule has 0 heterocycles. The minimum absolute atomic E-state index is 0.0107. The van der Waals surface area contributed by atoms with Crippen LogP contribution in [0.1, 0.15) is 32.8 Å². The number of hydrazine groups is 1. The van der Waals surface area contributed by atoms with Gasteiger partial charge in [-0.2, -0.15) is 0 Å². The first-order valence-corrected chi connectivity index (χ1v) is 6.54. The Kier molecular flexibility index (Phi) is 5.79. The van der Waals surface area contributed by atoms with Crippen molar-refractivity contribution in [2.45, 2.75) is 38.6 Å². The Morgan fingerprint density at radius 1 is 1.28 bits per heavy atom. The number of hydrogen-bond donors (Lipinski definition) is 2. The van der Waals surface area contributed by atoms with E-state index >= 15 is 0 Å². The van der Waals surface area contributed by atoms with Crippen LogP contribution in [0.5, 0.6) is 0 Å². The van der Waals surface area contributed by atoms with Crippen molar-refractivity contribution in [3.63, 3.8) is 0 Å². The van der Waals surface area contributed by atoms with E-state index in [-0.39, 0.29) is 11.5 Å². The number of nitrogens with two attached hydrogens (primary N) is 1. The van der Waals surface area contributed by atoms with Gasteiger partial charge in [-0.05, 0) is 17.9 Å². The summed E-state index contributed by atoms with van der Waals surface area (Å²) >= 11 is 0. The van der Waals surface area contributed by atoms with Gasteiger partial charge in [-0.1, -0.05) is 51.1 Å². The average molecular weight is 250 g/mol. The Morgan fingerprint density at radius 2 is 1.89 bits per heavy atom. The van der Waals surface area contributed by atoms with E-state index in [1.807, 2.05) is 6.07 Å². The molecule has 0 aliphatic heterocycles. The third kappa shape index (κ3) is 3.55. The third-order valence-corrected chi connectivity index (χ3v) is 3.82. The fourth-order valence-electron chi connectivity index (χ4n) is 2.60. The summed E-state index contributed by atoms with van der Waals surface area (Å²) in [6.07, 6.45) is 1.00. The molecule has 0 fully saturated rings. The largest absolute Gasteiger partial charge is 0.385 e. The summed E-state index contributed by atoms with van der Waals surface area (Å²) in [6.45, 7) is 7.45. The van der Waals surface area contributed by atoms with Crippen molar-refractivity contribution < 1.29 is 4.74 Å². The smallest absolute Gasteiger partial charge is 0.0465 e. The fourth-order valence-corrected chi connectivity index (χ4v) is 2.60. The second-order valence-corrected chi connectivity index (χ2v) is 5.49. The lowest BCUT2D eigenvalue weighted by Gasteiger charge is -2.38. The molecule has 0 amide bonds. The normalized spacial score (nSPS) is 15.4. The van der Waals surface area contributed by atoms with Gasteiger partial charge in [0.25, 0.3) is 0 Å². The van der Waals surface area contributed by atoms with Crippen LogP contribution in [-0.4, -0.2) is 19.8 Å². The number of ether oxygens (including phenoxy) is 1. The molecule has 3 heteroatoms. The molecule has 0 bridgehead atoms. The molecule has 0 saturated carbocycles. The van der Waals surface area contributed by atoms with Gasteiger partial charge in [-0.3, -0.25) is 11.3 Å². The van der Waals surface area contributed by atoms with Crippen molar-refractivity contribution >= 4 is 0 Å². The third-order valence-electron chi connectivity index (χ3n) is 3.82. The zero-order chi connectivity index (χ0) is 13.6. The molecule has 0 radical (unpaired) electrons. The highest BCUT2D eigenvalue weighted by molar-refractivity contribution is 5.26. The van der Waals surface area contributed by atoms with Crippen LogP contribution in [0.3, 0.4) is 0 Å². The van der Waals surface area contributed by atoms with Gasteiger partial charge in [0.2, 0.25) is 0 Å². The van der Waals surface area contributed by atoms with E-state index in [1.54, 1.807) is 7.11 Å². The minimum Gasteiger partial charge on any atom is -0.385 e. The quantitative estimate of drug-likeness (QED) is 0.577. The summed E-state index contributed by atoms with van der Waals surface area (Å²) in [7, 11) is 1.74. The molecule has 1 aromatic rings. The molecule has 18 heavy (non-hydrogen) atoms. The van der Waals surface area contributed by atoms with Crippen molar-refractivity contribution in [2.75, 3.05) is 13.7 Å².